The van der Waals surface area contributed by atoms with Crippen LogP contribution in [0.25, 0.3) is 22.3 Å². The number of hydrogen-bond acceptors (Lipinski definition) is 5. The molecule has 1 aliphatic rings. The SMILES string of the molecule is COc1cc2c(cc1OC)CN(/C=C/C(=O)c1c(-c3ccccc3)n(C)c3ncccc13)CC2.Cl. The Hall–Kier alpha value is -3.77. The molecule has 0 N–H and O–H groups in total. The highest BCUT2D eigenvalue weighted by Crippen LogP contribution is 2.34. The second kappa shape index (κ2) is 10.2. The predicted molar refractivity (Wildman–Crippen MR) is 141 cm³/mol. The Labute approximate surface area is 211 Å². The van der Waals surface area contributed by atoms with Gasteiger partial charge < -0.3 is 18.9 Å². The monoisotopic (exact) mass is 489 g/mol. The molecule has 0 amide bonds. The average molecular weight is 490 g/mol. The van der Waals surface area contributed by atoms with Crippen molar-refractivity contribution in [2.45, 2.75) is 13.0 Å². The van der Waals surface area contributed by atoms with Gasteiger partial charge in [-0.2, -0.15) is 0 Å². The van der Waals surface area contributed by atoms with Gasteiger partial charge >= 0.3 is 0 Å². The second-order valence-electron chi connectivity index (χ2n) is 8.40. The number of carbonyl (C=O) groups excluding carboxylic acids is 1. The van der Waals surface area contributed by atoms with Gasteiger partial charge in [0.2, 0.25) is 0 Å². The van der Waals surface area contributed by atoms with Crippen molar-refractivity contribution in [2.75, 3.05) is 20.8 Å². The summed E-state index contributed by atoms with van der Waals surface area (Å²) in [5.41, 5.74) is 5.78. The van der Waals surface area contributed by atoms with E-state index in [-0.39, 0.29) is 18.2 Å². The summed E-state index contributed by atoms with van der Waals surface area (Å²) in [4.78, 5) is 20.2. The number of ether oxygens (including phenoxy) is 2. The third-order valence-corrected chi connectivity index (χ3v) is 6.42. The lowest BCUT2D eigenvalue weighted by atomic mass is 9.99. The molecule has 180 valence electrons. The Bertz CT molecular complexity index is 1400. The van der Waals surface area contributed by atoms with Crippen LogP contribution in [-0.2, 0) is 20.0 Å². The van der Waals surface area contributed by atoms with Crippen molar-refractivity contribution < 1.29 is 14.3 Å². The number of hydrogen-bond donors (Lipinski definition) is 0. The van der Waals surface area contributed by atoms with Crippen LogP contribution in [0.15, 0.2) is 73.1 Å². The first kappa shape index (κ1) is 24.4. The van der Waals surface area contributed by atoms with Crippen LogP contribution in [0.5, 0.6) is 11.5 Å². The second-order valence-corrected chi connectivity index (χ2v) is 8.40. The van der Waals surface area contributed by atoms with E-state index in [1.165, 1.54) is 11.1 Å². The van der Waals surface area contributed by atoms with E-state index in [0.717, 1.165) is 46.8 Å². The molecule has 3 heterocycles. The van der Waals surface area contributed by atoms with Gasteiger partial charge in [0.05, 0.1) is 25.5 Å². The largest absolute Gasteiger partial charge is 0.493 e. The molecule has 0 saturated heterocycles. The fourth-order valence-electron chi connectivity index (χ4n) is 4.73. The maximum Gasteiger partial charge on any atom is 0.190 e. The van der Waals surface area contributed by atoms with Crippen LogP contribution >= 0.6 is 12.4 Å². The summed E-state index contributed by atoms with van der Waals surface area (Å²) in [5, 5.41) is 0.860. The highest BCUT2D eigenvalue weighted by Gasteiger charge is 2.22. The third-order valence-electron chi connectivity index (χ3n) is 6.42. The number of aryl methyl sites for hydroxylation is 1. The summed E-state index contributed by atoms with van der Waals surface area (Å²) in [5.74, 6) is 1.44. The number of methoxy groups -OCH3 is 2. The van der Waals surface area contributed by atoms with E-state index < -0.39 is 0 Å². The lowest BCUT2D eigenvalue weighted by Gasteiger charge is -2.28. The standard InChI is InChI=1S/C28H27N3O3.ClH/c1-30-27(19-8-5-4-6-9-19)26(22-10-7-13-29-28(22)30)23(32)12-15-31-14-11-20-16-24(33-2)25(34-3)17-21(20)18-31;/h4-10,12-13,15-17H,11,14,18H2,1-3H3;1H/b15-12+;. The van der Waals surface area contributed by atoms with Crippen molar-refractivity contribution in [3.05, 3.63) is 89.8 Å². The van der Waals surface area contributed by atoms with E-state index in [0.29, 0.717) is 12.1 Å². The Morgan fingerprint density at radius 1 is 1.00 bits per heavy atom. The Kier molecular flexibility index (Phi) is 7.12. The van der Waals surface area contributed by atoms with Gasteiger partial charge in [0, 0.05) is 44.0 Å². The van der Waals surface area contributed by atoms with Gasteiger partial charge in [-0.3, -0.25) is 4.79 Å². The minimum Gasteiger partial charge on any atom is -0.493 e. The van der Waals surface area contributed by atoms with Crippen LogP contribution in [0.2, 0.25) is 0 Å². The maximum atomic E-state index is 13.5. The van der Waals surface area contributed by atoms with Crippen molar-refractivity contribution in [1.82, 2.24) is 14.5 Å². The first-order valence-corrected chi connectivity index (χ1v) is 11.3. The number of carbonyl (C=O) groups is 1. The fraction of sp³-hybridized carbons (Fsp3) is 0.214. The number of halogens is 1. The number of rotatable bonds is 6. The first-order chi connectivity index (χ1) is 16.6. The molecule has 0 spiro atoms. The number of aromatic nitrogens is 2. The molecule has 5 rings (SSSR count). The summed E-state index contributed by atoms with van der Waals surface area (Å²) in [6.07, 6.45) is 6.23. The van der Waals surface area contributed by atoms with Gasteiger partial charge in [-0.25, -0.2) is 4.98 Å². The zero-order chi connectivity index (χ0) is 23.7. The van der Waals surface area contributed by atoms with Crippen molar-refractivity contribution in [1.29, 1.82) is 0 Å². The normalized spacial score (nSPS) is 12.9. The van der Waals surface area contributed by atoms with Crippen LogP contribution in [0.4, 0.5) is 0 Å². The molecular weight excluding hydrogens is 462 g/mol. The molecule has 0 unspecified atom stereocenters. The first-order valence-electron chi connectivity index (χ1n) is 11.3. The summed E-state index contributed by atoms with van der Waals surface area (Å²) in [7, 11) is 5.26. The minimum absolute atomic E-state index is 0. The zero-order valence-corrected chi connectivity index (χ0v) is 20.8. The smallest absolute Gasteiger partial charge is 0.190 e. The summed E-state index contributed by atoms with van der Waals surface area (Å²) < 4.78 is 12.9. The van der Waals surface area contributed by atoms with Gasteiger partial charge in [0.1, 0.15) is 5.65 Å². The quantitative estimate of drug-likeness (QED) is 0.267. The number of ketones is 1. The molecule has 0 aliphatic carbocycles. The molecule has 1 aliphatic heterocycles. The Morgan fingerprint density at radius 3 is 2.43 bits per heavy atom. The van der Waals surface area contributed by atoms with E-state index in [1.807, 2.05) is 66.3 Å². The molecule has 35 heavy (non-hydrogen) atoms. The molecule has 4 aromatic rings. The minimum atomic E-state index is -0.0319. The van der Waals surface area contributed by atoms with Gasteiger partial charge in [-0.05, 0) is 47.4 Å². The molecule has 2 aromatic carbocycles. The van der Waals surface area contributed by atoms with Crippen molar-refractivity contribution in [3.63, 3.8) is 0 Å². The Morgan fingerprint density at radius 2 is 1.71 bits per heavy atom. The molecule has 7 heteroatoms. The molecule has 0 fully saturated rings. The summed E-state index contributed by atoms with van der Waals surface area (Å²) in [6.45, 7) is 1.54. The lowest BCUT2D eigenvalue weighted by molar-refractivity contribution is 0.104. The van der Waals surface area contributed by atoms with Crippen LogP contribution < -0.4 is 9.47 Å². The number of pyridine rings is 1. The fourth-order valence-corrected chi connectivity index (χ4v) is 4.73. The topological polar surface area (TPSA) is 56.6 Å². The van der Waals surface area contributed by atoms with E-state index in [4.69, 9.17) is 9.47 Å². The van der Waals surface area contributed by atoms with Crippen molar-refractivity contribution >= 4 is 29.2 Å². The Balaban J connectivity index is 0.00000289. The molecule has 0 bridgehead atoms. The van der Waals surface area contributed by atoms with Gasteiger partial charge in [-0.15, -0.1) is 12.4 Å². The number of allylic oxidation sites excluding steroid dienone is 1. The molecule has 0 radical (unpaired) electrons. The van der Waals surface area contributed by atoms with E-state index in [1.54, 1.807) is 26.5 Å². The average Bonchev–Trinajstić information content (AvgIpc) is 3.19. The summed E-state index contributed by atoms with van der Waals surface area (Å²) in [6, 6.07) is 17.9. The highest BCUT2D eigenvalue weighted by atomic mass is 35.5. The van der Waals surface area contributed by atoms with Gasteiger partial charge in [0.15, 0.2) is 17.3 Å². The van der Waals surface area contributed by atoms with Crippen LogP contribution in [-0.4, -0.2) is 41.0 Å². The number of fused-ring (bicyclic) bond motifs is 2. The molecule has 0 atom stereocenters. The lowest BCUT2D eigenvalue weighted by Crippen LogP contribution is -2.26. The van der Waals surface area contributed by atoms with Crippen LogP contribution in [0.3, 0.4) is 0 Å². The molecule has 2 aromatic heterocycles. The van der Waals surface area contributed by atoms with E-state index in [2.05, 4.69) is 16.0 Å². The van der Waals surface area contributed by atoms with E-state index >= 15 is 0 Å². The molecule has 0 saturated carbocycles. The van der Waals surface area contributed by atoms with Crippen molar-refractivity contribution in [3.8, 4) is 22.8 Å². The van der Waals surface area contributed by atoms with Crippen molar-refractivity contribution in [2.24, 2.45) is 7.05 Å². The molecular formula is C28H28ClN3O3. The zero-order valence-electron chi connectivity index (χ0n) is 20.0. The van der Waals surface area contributed by atoms with E-state index in [9.17, 15) is 4.79 Å². The maximum absolute atomic E-state index is 13.5. The summed E-state index contributed by atoms with van der Waals surface area (Å²) >= 11 is 0. The third kappa shape index (κ3) is 4.49. The van der Waals surface area contributed by atoms with Gasteiger partial charge in [-0.1, -0.05) is 30.3 Å². The number of benzene rings is 2. The van der Waals surface area contributed by atoms with Crippen LogP contribution in [0.1, 0.15) is 21.5 Å². The highest BCUT2D eigenvalue weighted by molar-refractivity contribution is 6.17. The van der Waals surface area contributed by atoms with Crippen LogP contribution in [0, 0.1) is 0 Å². The van der Waals surface area contributed by atoms with Gasteiger partial charge in [0.25, 0.3) is 0 Å². The number of nitrogens with zero attached hydrogens (tertiary/aromatic N) is 3. The molecule has 6 nitrogen and oxygen atoms in total. The predicted octanol–water partition coefficient (Wildman–Crippen LogP) is 5.43.